The summed E-state index contributed by atoms with van der Waals surface area (Å²) >= 11 is 3.44. The summed E-state index contributed by atoms with van der Waals surface area (Å²) in [6.45, 7) is 4.76. The van der Waals surface area contributed by atoms with Gasteiger partial charge in [0.2, 0.25) is 0 Å². The minimum absolute atomic E-state index is 0.260. The number of nitrogens with one attached hydrogen (secondary N) is 1. The lowest BCUT2D eigenvalue weighted by molar-refractivity contribution is 0.102. The summed E-state index contributed by atoms with van der Waals surface area (Å²) in [6, 6.07) is 10.6. The van der Waals surface area contributed by atoms with Crippen molar-refractivity contribution in [1.82, 2.24) is 0 Å². The number of hydrogen-bond acceptors (Lipinski definition) is 4. The molecule has 0 heterocycles. The molecule has 2 aromatic rings. The molecule has 0 saturated carbocycles. The van der Waals surface area contributed by atoms with E-state index in [9.17, 15) is 4.79 Å². The fraction of sp³-hybridized carbons (Fsp3) is 0.278. The van der Waals surface area contributed by atoms with Gasteiger partial charge in [-0.2, -0.15) is 0 Å². The van der Waals surface area contributed by atoms with Gasteiger partial charge in [-0.1, -0.05) is 12.1 Å². The quantitative estimate of drug-likeness (QED) is 0.751. The number of amides is 1. The van der Waals surface area contributed by atoms with Crippen LogP contribution in [0, 0.1) is 0 Å². The van der Waals surface area contributed by atoms with Crippen molar-refractivity contribution in [3.8, 4) is 17.2 Å². The number of anilines is 1. The standard InChI is InChI=1S/C18H20BrNO4/c1-4-23-16-11-12(10-13(19)17(16)24-5-2)18(21)20-14-8-6-7-9-15(14)22-3/h6-11H,4-5H2,1-3H3,(H,20,21). The number of benzene rings is 2. The number of para-hydroxylation sites is 2. The van der Waals surface area contributed by atoms with E-state index < -0.39 is 0 Å². The Morgan fingerprint density at radius 1 is 1.08 bits per heavy atom. The number of halogens is 1. The molecule has 0 saturated heterocycles. The SMILES string of the molecule is CCOc1cc(C(=O)Nc2ccccc2OC)cc(Br)c1OCC. The van der Waals surface area contributed by atoms with Crippen LogP contribution in [0.3, 0.4) is 0 Å². The fourth-order valence-corrected chi connectivity index (χ4v) is 2.75. The third-order valence-corrected chi connectivity index (χ3v) is 3.80. The highest BCUT2D eigenvalue weighted by atomic mass is 79.9. The second kappa shape index (κ2) is 8.59. The maximum absolute atomic E-state index is 12.6. The van der Waals surface area contributed by atoms with Gasteiger partial charge in [0.15, 0.2) is 11.5 Å². The molecular formula is C18H20BrNO4. The van der Waals surface area contributed by atoms with Crippen molar-refractivity contribution in [2.45, 2.75) is 13.8 Å². The summed E-state index contributed by atoms with van der Waals surface area (Å²) in [5.41, 5.74) is 1.06. The average Bonchev–Trinajstić information content (AvgIpc) is 2.58. The maximum atomic E-state index is 12.6. The van der Waals surface area contributed by atoms with Gasteiger partial charge in [0, 0.05) is 5.56 Å². The van der Waals surface area contributed by atoms with E-state index in [4.69, 9.17) is 14.2 Å². The zero-order chi connectivity index (χ0) is 17.5. The summed E-state index contributed by atoms with van der Waals surface area (Å²) in [6.07, 6.45) is 0. The molecule has 1 N–H and O–H groups in total. The van der Waals surface area contributed by atoms with Crippen molar-refractivity contribution in [2.24, 2.45) is 0 Å². The second-order valence-corrected chi connectivity index (χ2v) is 5.66. The Morgan fingerprint density at radius 2 is 1.79 bits per heavy atom. The van der Waals surface area contributed by atoms with Crippen LogP contribution in [0.5, 0.6) is 17.2 Å². The molecule has 0 bridgehead atoms. The Labute approximate surface area is 150 Å². The molecule has 0 aliphatic heterocycles. The van der Waals surface area contributed by atoms with E-state index in [-0.39, 0.29) is 5.91 Å². The molecule has 24 heavy (non-hydrogen) atoms. The van der Waals surface area contributed by atoms with Crippen LogP contribution in [0.1, 0.15) is 24.2 Å². The minimum atomic E-state index is -0.260. The Hall–Kier alpha value is -2.21. The van der Waals surface area contributed by atoms with E-state index in [2.05, 4.69) is 21.2 Å². The molecular weight excluding hydrogens is 374 g/mol. The first-order chi connectivity index (χ1) is 11.6. The van der Waals surface area contributed by atoms with Crippen LogP contribution >= 0.6 is 15.9 Å². The van der Waals surface area contributed by atoms with Gasteiger partial charge in [-0.15, -0.1) is 0 Å². The van der Waals surface area contributed by atoms with Gasteiger partial charge >= 0.3 is 0 Å². The van der Waals surface area contributed by atoms with Crippen LogP contribution in [-0.2, 0) is 0 Å². The largest absolute Gasteiger partial charge is 0.495 e. The number of rotatable bonds is 7. The van der Waals surface area contributed by atoms with Gasteiger partial charge < -0.3 is 19.5 Å². The molecule has 1 amide bonds. The van der Waals surface area contributed by atoms with Crippen LogP contribution in [0.2, 0.25) is 0 Å². The molecule has 0 radical (unpaired) electrons. The number of carbonyl (C=O) groups excluding carboxylic acids is 1. The Kier molecular flexibility index (Phi) is 6.49. The van der Waals surface area contributed by atoms with Gasteiger partial charge in [0.1, 0.15) is 5.75 Å². The minimum Gasteiger partial charge on any atom is -0.495 e. The lowest BCUT2D eigenvalue weighted by Crippen LogP contribution is -2.13. The predicted molar refractivity (Wildman–Crippen MR) is 97.4 cm³/mol. The van der Waals surface area contributed by atoms with Crippen LogP contribution in [0.25, 0.3) is 0 Å². The monoisotopic (exact) mass is 393 g/mol. The third kappa shape index (κ3) is 4.20. The molecule has 0 spiro atoms. The molecule has 2 rings (SSSR count). The molecule has 2 aromatic carbocycles. The molecule has 0 aromatic heterocycles. The van der Waals surface area contributed by atoms with E-state index in [1.54, 1.807) is 31.4 Å². The van der Waals surface area contributed by atoms with Gasteiger partial charge in [-0.05, 0) is 54.0 Å². The van der Waals surface area contributed by atoms with Crippen LogP contribution in [0.4, 0.5) is 5.69 Å². The Morgan fingerprint density at radius 3 is 2.46 bits per heavy atom. The van der Waals surface area contributed by atoms with E-state index in [0.717, 1.165) is 0 Å². The van der Waals surface area contributed by atoms with Crippen molar-refractivity contribution < 1.29 is 19.0 Å². The fourth-order valence-electron chi connectivity index (χ4n) is 2.19. The van der Waals surface area contributed by atoms with Crippen LogP contribution in [-0.4, -0.2) is 26.2 Å². The molecule has 0 aliphatic rings. The van der Waals surface area contributed by atoms with Gasteiger partial charge in [-0.25, -0.2) is 0 Å². The first kappa shape index (κ1) is 18.1. The molecule has 0 atom stereocenters. The highest BCUT2D eigenvalue weighted by Gasteiger charge is 2.17. The van der Waals surface area contributed by atoms with Gasteiger partial charge in [0.25, 0.3) is 5.91 Å². The molecule has 0 unspecified atom stereocenters. The summed E-state index contributed by atoms with van der Waals surface area (Å²) in [5, 5.41) is 2.84. The topological polar surface area (TPSA) is 56.8 Å². The van der Waals surface area contributed by atoms with E-state index in [1.165, 1.54) is 0 Å². The highest BCUT2D eigenvalue weighted by Crippen LogP contribution is 2.37. The number of ether oxygens (including phenoxy) is 3. The molecule has 128 valence electrons. The van der Waals surface area contributed by atoms with E-state index in [0.29, 0.717) is 46.2 Å². The first-order valence-corrected chi connectivity index (χ1v) is 8.43. The summed E-state index contributed by atoms with van der Waals surface area (Å²) < 4.78 is 17.1. The van der Waals surface area contributed by atoms with Crippen molar-refractivity contribution in [2.75, 3.05) is 25.6 Å². The second-order valence-electron chi connectivity index (χ2n) is 4.81. The zero-order valence-corrected chi connectivity index (χ0v) is 15.5. The molecule has 0 aliphatic carbocycles. The lowest BCUT2D eigenvalue weighted by atomic mass is 10.1. The number of methoxy groups -OCH3 is 1. The molecule has 0 fully saturated rings. The number of hydrogen-bond donors (Lipinski definition) is 1. The van der Waals surface area contributed by atoms with Crippen LogP contribution in [0.15, 0.2) is 40.9 Å². The summed E-state index contributed by atoms with van der Waals surface area (Å²) in [4.78, 5) is 12.6. The summed E-state index contributed by atoms with van der Waals surface area (Å²) in [5.74, 6) is 1.46. The lowest BCUT2D eigenvalue weighted by Gasteiger charge is -2.15. The Bertz CT molecular complexity index is 718. The van der Waals surface area contributed by atoms with Crippen molar-refractivity contribution >= 4 is 27.5 Å². The van der Waals surface area contributed by atoms with Crippen molar-refractivity contribution in [3.05, 3.63) is 46.4 Å². The zero-order valence-electron chi connectivity index (χ0n) is 13.9. The first-order valence-electron chi connectivity index (χ1n) is 7.64. The molecule has 5 nitrogen and oxygen atoms in total. The van der Waals surface area contributed by atoms with Gasteiger partial charge in [-0.3, -0.25) is 4.79 Å². The molecule has 6 heteroatoms. The van der Waals surface area contributed by atoms with Crippen LogP contribution < -0.4 is 19.5 Å². The summed E-state index contributed by atoms with van der Waals surface area (Å²) in [7, 11) is 1.56. The highest BCUT2D eigenvalue weighted by molar-refractivity contribution is 9.10. The van der Waals surface area contributed by atoms with E-state index >= 15 is 0 Å². The smallest absolute Gasteiger partial charge is 0.255 e. The van der Waals surface area contributed by atoms with E-state index in [1.807, 2.05) is 26.0 Å². The van der Waals surface area contributed by atoms with Crippen molar-refractivity contribution in [3.63, 3.8) is 0 Å². The predicted octanol–water partition coefficient (Wildman–Crippen LogP) is 4.51. The average molecular weight is 394 g/mol. The normalized spacial score (nSPS) is 10.2. The number of carbonyl (C=O) groups is 1. The van der Waals surface area contributed by atoms with Crippen molar-refractivity contribution in [1.29, 1.82) is 0 Å². The maximum Gasteiger partial charge on any atom is 0.255 e. The third-order valence-electron chi connectivity index (χ3n) is 3.22. The van der Waals surface area contributed by atoms with Gasteiger partial charge in [0.05, 0.1) is 30.5 Å². The Balaban J connectivity index is 2.32.